The lowest BCUT2D eigenvalue weighted by molar-refractivity contribution is -0.149. The molecule has 1 N–H and O–H groups in total. The zero-order valence-corrected chi connectivity index (χ0v) is 15.0. The average Bonchev–Trinajstić information content (AvgIpc) is 2.79. The zero-order valence-electron chi connectivity index (χ0n) is 15.0. The van der Waals surface area contributed by atoms with E-state index >= 15 is 0 Å². The molecule has 2 heteroatoms. The van der Waals surface area contributed by atoms with Gasteiger partial charge in [0.05, 0.1) is 18.1 Å². The average molecular weight is 316 g/mol. The van der Waals surface area contributed by atoms with E-state index in [2.05, 4.69) is 19.9 Å². The van der Waals surface area contributed by atoms with Crippen LogP contribution in [0.25, 0.3) is 0 Å². The first-order valence-electron chi connectivity index (χ1n) is 10.0. The molecule has 0 spiro atoms. The number of nitrogens with zero attached hydrogens (tertiary/aromatic N) is 1. The maximum atomic E-state index is 11.2. The quantitative estimate of drug-likeness (QED) is 0.734. The summed E-state index contributed by atoms with van der Waals surface area (Å²) in [5.74, 6) is 3.30. The minimum absolute atomic E-state index is 0.0121. The van der Waals surface area contributed by atoms with E-state index in [9.17, 15) is 10.4 Å². The summed E-state index contributed by atoms with van der Waals surface area (Å²) in [6.45, 7) is 4.92. The van der Waals surface area contributed by atoms with Crippen LogP contribution in [0.2, 0.25) is 0 Å². The lowest BCUT2D eigenvalue weighted by Gasteiger charge is -2.61. The van der Waals surface area contributed by atoms with E-state index in [4.69, 9.17) is 0 Å². The van der Waals surface area contributed by atoms with Gasteiger partial charge in [-0.25, -0.2) is 0 Å². The van der Waals surface area contributed by atoms with Gasteiger partial charge < -0.3 is 5.11 Å². The fourth-order valence-electron chi connectivity index (χ4n) is 7.83. The van der Waals surface area contributed by atoms with Gasteiger partial charge in [-0.05, 0) is 80.5 Å². The van der Waals surface area contributed by atoms with Crippen LogP contribution in [0.1, 0.15) is 84.5 Å². The van der Waals surface area contributed by atoms with E-state index in [0.717, 1.165) is 37.0 Å². The third kappa shape index (κ3) is 2.02. The number of rotatable bonds is 1. The van der Waals surface area contributed by atoms with Crippen LogP contribution in [0.5, 0.6) is 0 Å². The maximum absolute atomic E-state index is 11.2. The summed E-state index contributed by atoms with van der Waals surface area (Å²) >= 11 is 0. The molecule has 4 aliphatic rings. The summed E-state index contributed by atoms with van der Waals surface area (Å²) in [6.07, 6.45) is 13.3. The molecule has 4 rings (SSSR count). The fourth-order valence-corrected chi connectivity index (χ4v) is 7.83. The molecule has 0 aromatic carbocycles. The molecule has 4 fully saturated rings. The van der Waals surface area contributed by atoms with Crippen LogP contribution < -0.4 is 0 Å². The summed E-state index contributed by atoms with van der Waals surface area (Å²) in [5, 5.41) is 20.4. The Hall–Kier alpha value is -0.550. The molecule has 128 valence electrons. The first-order valence-corrected chi connectivity index (χ1v) is 10.0. The molecule has 0 aromatic rings. The third-order valence-corrected chi connectivity index (χ3v) is 9.28. The molecule has 4 saturated carbocycles. The lowest BCUT2D eigenvalue weighted by atomic mass is 9.44. The van der Waals surface area contributed by atoms with Crippen molar-refractivity contribution < 1.29 is 5.11 Å². The molecular formula is C21H33NO. The Morgan fingerprint density at radius 2 is 1.74 bits per heavy atom. The summed E-state index contributed by atoms with van der Waals surface area (Å²) in [5.41, 5.74) is -0.165. The molecule has 23 heavy (non-hydrogen) atoms. The van der Waals surface area contributed by atoms with Gasteiger partial charge in [0, 0.05) is 5.41 Å². The van der Waals surface area contributed by atoms with E-state index in [1.54, 1.807) is 0 Å². The van der Waals surface area contributed by atoms with Gasteiger partial charge >= 0.3 is 0 Å². The second kappa shape index (κ2) is 5.22. The van der Waals surface area contributed by atoms with Crippen LogP contribution in [0, 0.1) is 45.8 Å². The fraction of sp³-hybridized carbons (Fsp3) is 0.952. The Labute approximate surface area is 141 Å². The zero-order chi connectivity index (χ0) is 16.3. The normalized spacial score (nSPS) is 55.4. The van der Waals surface area contributed by atoms with Crippen molar-refractivity contribution in [3.05, 3.63) is 0 Å². The predicted molar refractivity (Wildman–Crippen MR) is 91.5 cm³/mol. The molecule has 0 radical (unpaired) electrons. The van der Waals surface area contributed by atoms with Gasteiger partial charge in [-0.1, -0.05) is 26.7 Å². The highest BCUT2D eigenvalue weighted by atomic mass is 16.3. The van der Waals surface area contributed by atoms with E-state index in [1.807, 2.05) is 0 Å². The topological polar surface area (TPSA) is 44.0 Å². The van der Waals surface area contributed by atoms with Gasteiger partial charge in [-0.2, -0.15) is 5.26 Å². The molecule has 2 nitrogen and oxygen atoms in total. The summed E-state index contributed by atoms with van der Waals surface area (Å²) in [7, 11) is 0. The van der Waals surface area contributed by atoms with Gasteiger partial charge in [0.15, 0.2) is 0 Å². The molecule has 0 amide bonds. The van der Waals surface area contributed by atoms with Crippen molar-refractivity contribution in [1.29, 1.82) is 5.26 Å². The van der Waals surface area contributed by atoms with Crippen molar-refractivity contribution in [2.45, 2.75) is 90.1 Å². The Morgan fingerprint density at radius 3 is 2.52 bits per heavy atom. The highest BCUT2D eigenvalue weighted by Crippen LogP contribution is 2.68. The van der Waals surface area contributed by atoms with Gasteiger partial charge in [0.2, 0.25) is 0 Å². The number of aliphatic hydroxyl groups is 1. The second-order valence-corrected chi connectivity index (χ2v) is 9.76. The van der Waals surface area contributed by atoms with Gasteiger partial charge in [-0.3, -0.25) is 0 Å². The highest BCUT2D eigenvalue weighted by Gasteiger charge is 2.64. The lowest BCUT2D eigenvalue weighted by Crippen LogP contribution is -2.56. The monoisotopic (exact) mass is 315 g/mol. The molecule has 0 unspecified atom stereocenters. The van der Waals surface area contributed by atoms with Gasteiger partial charge in [0.25, 0.3) is 0 Å². The molecule has 0 aromatic heterocycles. The Bertz CT molecular complexity index is 524. The molecule has 7 atom stereocenters. The first-order chi connectivity index (χ1) is 10.9. The molecule has 0 aliphatic heterocycles. The van der Waals surface area contributed by atoms with Crippen molar-refractivity contribution in [2.75, 3.05) is 0 Å². The molecule has 0 saturated heterocycles. The Morgan fingerprint density at radius 1 is 0.957 bits per heavy atom. The van der Waals surface area contributed by atoms with Crippen molar-refractivity contribution in [3.63, 3.8) is 0 Å². The van der Waals surface area contributed by atoms with Crippen LogP contribution in [0.3, 0.4) is 0 Å². The minimum atomic E-state index is -0.721. The SMILES string of the molecule is C[C@]12CCCC[C@@H]1CC[C@H]1[C@H]3CC[C@@](O)(CC#N)[C@@]3(C)CC[C@@H]12. The van der Waals surface area contributed by atoms with E-state index in [1.165, 1.54) is 44.9 Å². The van der Waals surface area contributed by atoms with Crippen LogP contribution in [-0.2, 0) is 0 Å². The number of hydrogen-bond donors (Lipinski definition) is 1. The number of hydrogen-bond acceptors (Lipinski definition) is 2. The standard InChI is InChI=1S/C21H33NO/c1-19-10-4-3-5-15(19)6-7-16-17(19)8-11-20(2)18(16)9-12-21(20,23)13-14-22/h15-18,23H,3-13H2,1-2H3/t15-,16-,17+,18-,19+,20+,21-/m1/s1. The van der Waals surface area contributed by atoms with Crippen LogP contribution in [0.15, 0.2) is 0 Å². The van der Waals surface area contributed by atoms with E-state index in [-0.39, 0.29) is 5.41 Å². The largest absolute Gasteiger partial charge is 0.388 e. The molecule has 0 bridgehead atoms. The van der Waals surface area contributed by atoms with Gasteiger partial charge in [-0.15, -0.1) is 0 Å². The van der Waals surface area contributed by atoms with Crippen LogP contribution >= 0.6 is 0 Å². The number of fused-ring (bicyclic) bond motifs is 5. The van der Waals surface area contributed by atoms with Crippen molar-refractivity contribution in [3.8, 4) is 6.07 Å². The highest BCUT2D eigenvalue weighted by molar-refractivity contribution is 5.15. The van der Waals surface area contributed by atoms with Crippen molar-refractivity contribution in [1.82, 2.24) is 0 Å². The summed E-state index contributed by atoms with van der Waals surface area (Å²) in [6, 6.07) is 2.28. The summed E-state index contributed by atoms with van der Waals surface area (Å²) in [4.78, 5) is 0. The smallest absolute Gasteiger partial charge is 0.0833 e. The van der Waals surface area contributed by atoms with Crippen molar-refractivity contribution in [2.24, 2.45) is 34.5 Å². The van der Waals surface area contributed by atoms with Crippen LogP contribution in [-0.4, -0.2) is 10.7 Å². The molecular weight excluding hydrogens is 282 g/mol. The predicted octanol–water partition coefficient (Wildman–Crippen LogP) is 5.06. The molecule has 4 aliphatic carbocycles. The third-order valence-electron chi connectivity index (χ3n) is 9.28. The summed E-state index contributed by atoms with van der Waals surface area (Å²) < 4.78 is 0. The second-order valence-electron chi connectivity index (χ2n) is 9.76. The van der Waals surface area contributed by atoms with Crippen molar-refractivity contribution >= 4 is 0 Å². The number of nitriles is 1. The van der Waals surface area contributed by atoms with Gasteiger partial charge in [0.1, 0.15) is 0 Å². The molecule has 0 heterocycles. The minimum Gasteiger partial charge on any atom is -0.388 e. The van der Waals surface area contributed by atoms with E-state index < -0.39 is 5.60 Å². The van der Waals surface area contributed by atoms with Crippen LogP contribution in [0.4, 0.5) is 0 Å². The first kappa shape index (κ1) is 15.9. The Balaban J connectivity index is 1.64. The Kier molecular flexibility index (Phi) is 3.62. The van der Waals surface area contributed by atoms with E-state index in [0.29, 0.717) is 17.8 Å². The maximum Gasteiger partial charge on any atom is 0.0833 e.